The third-order valence-electron chi connectivity index (χ3n) is 3.40. The lowest BCUT2D eigenvalue weighted by Gasteiger charge is -2.28. The fourth-order valence-corrected chi connectivity index (χ4v) is 4.57. The minimum Gasteiger partial charge on any atom is -0.306 e. The molecule has 0 aromatic carbocycles. The summed E-state index contributed by atoms with van der Waals surface area (Å²) in [4.78, 5) is 6.05. The van der Waals surface area contributed by atoms with Crippen LogP contribution in [0.5, 0.6) is 0 Å². The van der Waals surface area contributed by atoms with Crippen LogP contribution in [0.1, 0.15) is 19.3 Å². The molecule has 1 aromatic heterocycles. The van der Waals surface area contributed by atoms with Crippen molar-refractivity contribution in [2.45, 2.75) is 23.5 Å². The maximum absolute atomic E-state index is 11.9. The normalized spacial score (nSPS) is 18.8. The molecule has 5 nitrogen and oxygen atoms in total. The minimum absolute atomic E-state index is 0.181. The van der Waals surface area contributed by atoms with Crippen LogP contribution in [0, 0.1) is 5.92 Å². The van der Waals surface area contributed by atoms with E-state index in [4.69, 9.17) is 11.6 Å². The number of thiazole rings is 1. The van der Waals surface area contributed by atoms with Crippen LogP contribution in [0.2, 0.25) is 4.47 Å². The first-order valence-corrected chi connectivity index (χ1v) is 8.94. The van der Waals surface area contributed by atoms with E-state index in [1.54, 1.807) is 0 Å². The van der Waals surface area contributed by atoms with Crippen molar-refractivity contribution >= 4 is 33.0 Å². The summed E-state index contributed by atoms with van der Waals surface area (Å²) in [5.41, 5.74) is 0. The molecule has 0 saturated carbocycles. The van der Waals surface area contributed by atoms with Gasteiger partial charge in [0, 0.05) is 6.54 Å². The molecule has 0 radical (unpaired) electrons. The number of likely N-dealkylation sites (tertiary alicyclic amines) is 1. The average molecular weight is 324 g/mol. The van der Waals surface area contributed by atoms with Gasteiger partial charge in [0.1, 0.15) is 0 Å². The van der Waals surface area contributed by atoms with Gasteiger partial charge in [-0.3, -0.25) is 0 Å². The number of rotatable bonds is 5. The molecule has 1 N–H and O–H groups in total. The molecule has 0 aliphatic carbocycles. The molecule has 0 spiro atoms. The number of sulfonamides is 1. The third-order valence-corrected chi connectivity index (χ3v) is 6.44. The lowest BCUT2D eigenvalue weighted by Crippen LogP contribution is -2.32. The maximum Gasteiger partial charge on any atom is 0.251 e. The number of hydrogen-bond acceptors (Lipinski definition) is 5. The molecular weight excluding hydrogens is 306 g/mol. The van der Waals surface area contributed by atoms with Gasteiger partial charge >= 0.3 is 0 Å². The summed E-state index contributed by atoms with van der Waals surface area (Å²) in [5, 5.41) is 0. The highest BCUT2D eigenvalue weighted by molar-refractivity contribution is 7.91. The summed E-state index contributed by atoms with van der Waals surface area (Å²) in [5.74, 6) is 0.615. The van der Waals surface area contributed by atoms with Crippen LogP contribution in [0.15, 0.2) is 10.4 Å². The van der Waals surface area contributed by atoms with Gasteiger partial charge < -0.3 is 4.90 Å². The second kappa shape index (κ2) is 6.49. The van der Waals surface area contributed by atoms with Gasteiger partial charge in [-0.05, 0) is 45.3 Å². The predicted molar refractivity (Wildman–Crippen MR) is 77.2 cm³/mol. The van der Waals surface area contributed by atoms with Crippen LogP contribution in [-0.4, -0.2) is 45.0 Å². The van der Waals surface area contributed by atoms with Gasteiger partial charge in [-0.25, -0.2) is 18.1 Å². The molecule has 1 aromatic rings. The number of aromatic nitrogens is 1. The Kier molecular flexibility index (Phi) is 5.19. The van der Waals surface area contributed by atoms with Crippen molar-refractivity contribution in [3.8, 4) is 0 Å². The molecule has 0 unspecified atom stereocenters. The van der Waals surface area contributed by atoms with Crippen molar-refractivity contribution in [2.75, 3.05) is 26.7 Å². The van der Waals surface area contributed by atoms with E-state index in [2.05, 4.69) is 21.7 Å². The molecule has 1 aliphatic rings. The van der Waals surface area contributed by atoms with E-state index in [-0.39, 0.29) is 8.68 Å². The van der Waals surface area contributed by atoms with Gasteiger partial charge in [0.2, 0.25) is 0 Å². The SMILES string of the molecule is CN1CCC(CCNS(=O)(=O)c2cnc(Cl)s2)CC1. The molecular formula is C11H18ClN3O2S2. The van der Waals surface area contributed by atoms with E-state index in [0.717, 1.165) is 43.7 Å². The Hall–Kier alpha value is -0.210. The topological polar surface area (TPSA) is 62.3 Å². The third kappa shape index (κ3) is 4.39. The summed E-state index contributed by atoms with van der Waals surface area (Å²) in [7, 11) is -1.32. The molecule has 1 saturated heterocycles. The first-order valence-electron chi connectivity index (χ1n) is 6.27. The lowest BCUT2D eigenvalue weighted by atomic mass is 9.94. The molecule has 1 fully saturated rings. The summed E-state index contributed by atoms with van der Waals surface area (Å²) in [6, 6.07) is 0. The summed E-state index contributed by atoms with van der Waals surface area (Å²) < 4.78 is 26.9. The van der Waals surface area contributed by atoms with E-state index in [9.17, 15) is 8.42 Å². The highest BCUT2D eigenvalue weighted by Gasteiger charge is 2.20. The van der Waals surface area contributed by atoms with Crippen molar-refractivity contribution in [3.63, 3.8) is 0 Å². The van der Waals surface area contributed by atoms with Crippen molar-refractivity contribution in [3.05, 3.63) is 10.7 Å². The van der Waals surface area contributed by atoms with Crippen LogP contribution >= 0.6 is 22.9 Å². The number of halogens is 1. The highest BCUT2D eigenvalue weighted by atomic mass is 35.5. The van der Waals surface area contributed by atoms with E-state index >= 15 is 0 Å². The zero-order valence-electron chi connectivity index (χ0n) is 10.8. The van der Waals surface area contributed by atoms with Crippen molar-refractivity contribution in [1.82, 2.24) is 14.6 Å². The standard InChI is InChI=1S/C11H18ClN3O2S2/c1-15-6-3-9(4-7-15)2-5-14-19(16,17)10-8-13-11(12)18-10/h8-9,14H,2-7H2,1H3. The molecule has 19 heavy (non-hydrogen) atoms. The van der Waals surface area contributed by atoms with Crippen LogP contribution in [-0.2, 0) is 10.0 Å². The second-order valence-electron chi connectivity index (χ2n) is 4.87. The molecule has 2 rings (SSSR count). The summed E-state index contributed by atoms with van der Waals surface area (Å²) >= 11 is 6.62. The van der Waals surface area contributed by atoms with E-state index in [1.165, 1.54) is 6.20 Å². The Labute approximate surface area is 123 Å². The Morgan fingerprint density at radius 2 is 2.21 bits per heavy atom. The van der Waals surface area contributed by atoms with Crippen LogP contribution in [0.3, 0.4) is 0 Å². The van der Waals surface area contributed by atoms with Crippen LogP contribution in [0.4, 0.5) is 0 Å². The zero-order chi connectivity index (χ0) is 13.9. The summed E-state index contributed by atoms with van der Waals surface area (Å²) in [6.45, 7) is 2.68. The molecule has 8 heteroatoms. The highest BCUT2D eigenvalue weighted by Crippen LogP contribution is 2.23. The minimum atomic E-state index is -3.44. The molecule has 0 amide bonds. The Morgan fingerprint density at radius 1 is 1.53 bits per heavy atom. The largest absolute Gasteiger partial charge is 0.306 e. The maximum atomic E-state index is 11.9. The quantitative estimate of drug-likeness (QED) is 0.897. The van der Waals surface area contributed by atoms with Crippen LogP contribution < -0.4 is 4.72 Å². The van der Waals surface area contributed by atoms with E-state index in [1.807, 2.05) is 0 Å². The number of nitrogens with one attached hydrogen (secondary N) is 1. The summed E-state index contributed by atoms with van der Waals surface area (Å²) in [6.07, 6.45) is 4.47. The fraction of sp³-hybridized carbons (Fsp3) is 0.727. The Morgan fingerprint density at radius 3 is 2.79 bits per heavy atom. The van der Waals surface area contributed by atoms with E-state index < -0.39 is 10.0 Å². The first-order chi connectivity index (χ1) is 8.97. The van der Waals surface area contributed by atoms with Crippen molar-refractivity contribution in [2.24, 2.45) is 5.92 Å². The van der Waals surface area contributed by atoms with Gasteiger partial charge in [0.25, 0.3) is 10.0 Å². The molecule has 108 valence electrons. The molecule has 0 bridgehead atoms. The van der Waals surface area contributed by atoms with Crippen molar-refractivity contribution < 1.29 is 8.42 Å². The smallest absolute Gasteiger partial charge is 0.251 e. The molecule has 2 heterocycles. The second-order valence-corrected chi connectivity index (χ2v) is 8.47. The van der Waals surface area contributed by atoms with Gasteiger partial charge in [0.05, 0.1) is 6.20 Å². The lowest BCUT2D eigenvalue weighted by molar-refractivity contribution is 0.213. The molecule has 0 atom stereocenters. The van der Waals surface area contributed by atoms with Crippen molar-refractivity contribution in [1.29, 1.82) is 0 Å². The number of hydrogen-bond donors (Lipinski definition) is 1. The van der Waals surface area contributed by atoms with Gasteiger partial charge in [-0.15, -0.1) is 0 Å². The average Bonchev–Trinajstić information content (AvgIpc) is 2.79. The van der Waals surface area contributed by atoms with E-state index in [0.29, 0.717) is 12.5 Å². The van der Waals surface area contributed by atoms with Gasteiger partial charge in [-0.2, -0.15) is 0 Å². The first kappa shape index (κ1) is 15.2. The Balaban J connectivity index is 1.79. The predicted octanol–water partition coefficient (Wildman–Crippen LogP) is 1.81. The van der Waals surface area contributed by atoms with Crippen LogP contribution in [0.25, 0.3) is 0 Å². The number of nitrogens with zero attached hydrogens (tertiary/aromatic N) is 2. The fourth-order valence-electron chi connectivity index (χ4n) is 2.18. The Bertz CT molecular complexity index is 510. The monoisotopic (exact) mass is 323 g/mol. The number of piperidine rings is 1. The van der Waals surface area contributed by atoms with Gasteiger partial charge in [-0.1, -0.05) is 22.9 Å². The zero-order valence-corrected chi connectivity index (χ0v) is 13.2. The van der Waals surface area contributed by atoms with Gasteiger partial charge in [0.15, 0.2) is 8.68 Å². The molecule has 1 aliphatic heterocycles.